The highest BCUT2D eigenvalue weighted by atomic mass is 19.4. The van der Waals surface area contributed by atoms with Gasteiger partial charge >= 0.3 is 6.18 Å². The SMILES string of the molecule is C=N/C(=N\C/C(C)=N\C=N/C(=C)Nc1cc(C(=O)Nc2cc(N(C)CCN(C)C)cc(C(F)(F)F)c2)ccc1C)N1CCCC1. The van der Waals surface area contributed by atoms with E-state index in [0.29, 0.717) is 37.0 Å². The van der Waals surface area contributed by atoms with Gasteiger partial charge in [-0.2, -0.15) is 13.2 Å². The predicted octanol–water partition coefficient (Wildman–Crippen LogP) is 5.79. The second kappa shape index (κ2) is 16.0. The first-order chi connectivity index (χ1) is 21.3. The minimum atomic E-state index is -4.57. The molecule has 0 bridgehead atoms. The molecule has 242 valence electrons. The van der Waals surface area contributed by atoms with E-state index in [9.17, 15) is 18.0 Å². The van der Waals surface area contributed by atoms with Gasteiger partial charge in [0.2, 0.25) is 5.96 Å². The van der Waals surface area contributed by atoms with Crippen molar-refractivity contribution in [3.63, 3.8) is 0 Å². The summed E-state index contributed by atoms with van der Waals surface area (Å²) >= 11 is 0. The summed E-state index contributed by atoms with van der Waals surface area (Å²) in [6.45, 7) is 14.5. The largest absolute Gasteiger partial charge is 0.416 e. The van der Waals surface area contributed by atoms with Crippen LogP contribution >= 0.6 is 0 Å². The molecule has 2 aromatic rings. The van der Waals surface area contributed by atoms with Crippen molar-refractivity contribution in [1.82, 2.24) is 9.80 Å². The van der Waals surface area contributed by atoms with Crippen molar-refractivity contribution in [1.29, 1.82) is 0 Å². The number of halogens is 3. The monoisotopic (exact) mass is 625 g/mol. The lowest BCUT2D eigenvalue weighted by molar-refractivity contribution is -0.137. The molecule has 1 fully saturated rings. The Morgan fingerprint density at radius 1 is 1.07 bits per heavy atom. The van der Waals surface area contributed by atoms with Gasteiger partial charge in [-0.3, -0.25) is 4.79 Å². The third kappa shape index (κ3) is 10.9. The van der Waals surface area contributed by atoms with Crippen LogP contribution in [0.25, 0.3) is 0 Å². The number of aryl methyl sites for hydroxylation is 1. The molecule has 10 nitrogen and oxygen atoms in total. The van der Waals surface area contributed by atoms with E-state index in [0.717, 1.165) is 49.3 Å². The van der Waals surface area contributed by atoms with Crippen molar-refractivity contribution >= 4 is 47.7 Å². The Balaban J connectivity index is 1.69. The van der Waals surface area contributed by atoms with Gasteiger partial charge in [-0.1, -0.05) is 12.6 Å². The lowest BCUT2D eigenvalue weighted by Crippen LogP contribution is -2.28. The summed E-state index contributed by atoms with van der Waals surface area (Å²) in [5.41, 5.74) is 1.89. The molecule has 0 unspecified atom stereocenters. The first-order valence-electron chi connectivity index (χ1n) is 14.5. The van der Waals surface area contributed by atoms with Gasteiger partial charge in [0.1, 0.15) is 12.2 Å². The molecular weight excluding hydrogens is 583 g/mol. The molecule has 0 aliphatic carbocycles. The first kappa shape index (κ1) is 35.0. The van der Waals surface area contributed by atoms with E-state index in [1.165, 1.54) is 12.4 Å². The summed E-state index contributed by atoms with van der Waals surface area (Å²) < 4.78 is 41.1. The molecule has 0 spiro atoms. The fourth-order valence-electron chi connectivity index (χ4n) is 4.43. The number of anilines is 3. The number of hydrogen-bond acceptors (Lipinski definition) is 6. The van der Waals surface area contributed by atoms with Crippen molar-refractivity contribution in [2.45, 2.75) is 32.9 Å². The molecule has 45 heavy (non-hydrogen) atoms. The highest BCUT2D eigenvalue weighted by Crippen LogP contribution is 2.34. The quantitative estimate of drug-likeness (QED) is 0.230. The van der Waals surface area contributed by atoms with Crippen molar-refractivity contribution in [2.75, 3.05) is 69.4 Å². The van der Waals surface area contributed by atoms with Crippen LogP contribution in [0.3, 0.4) is 0 Å². The molecule has 1 heterocycles. The standard InChI is InChI=1S/C32H42F3N9O/c1-22-10-11-25(30(45)41-27-17-26(32(33,34)35)18-28(19-27)43(7)15-14-42(5)6)16-29(22)40-24(3)39-21-38-23(2)20-37-31(36-4)44-12-8-9-13-44/h10-11,16-19,21,40H,3-4,8-9,12-15,20H2,1-2,5-7H3,(H,41,45)/b37-31+,38-23-,39-21-. The number of rotatable bonds is 12. The number of alkyl halides is 3. The van der Waals surface area contributed by atoms with Crippen LogP contribution < -0.4 is 15.5 Å². The van der Waals surface area contributed by atoms with Crippen LogP contribution in [0.5, 0.6) is 0 Å². The highest BCUT2D eigenvalue weighted by Gasteiger charge is 2.32. The summed E-state index contributed by atoms with van der Waals surface area (Å²) in [6, 6.07) is 8.46. The lowest BCUT2D eigenvalue weighted by Gasteiger charge is -2.23. The second-order valence-corrected chi connectivity index (χ2v) is 11.1. The predicted molar refractivity (Wildman–Crippen MR) is 179 cm³/mol. The Kier molecular flexibility index (Phi) is 12.4. The first-order valence-corrected chi connectivity index (χ1v) is 14.5. The van der Waals surface area contributed by atoms with E-state index in [4.69, 9.17) is 0 Å². The zero-order valence-electron chi connectivity index (χ0n) is 26.6. The van der Waals surface area contributed by atoms with Crippen LogP contribution in [-0.2, 0) is 6.18 Å². The number of likely N-dealkylation sites (N-methyl/N-ethyl adjacent to an activating group) is 2. The number of amides is 1. The summed E-state index contributed by atoms with van der Waals surface area (Å²) in [6.07, 6.45) is -0.983. The lowest BCUT2D eigenvalue weighted by atomic mass is 10.1. The smallest absolute Gasteiger partial charge is 0.373 e. The van der Waals surface area contributed by atoms with Crippen LogP contribution in [-0.4, -0.2) is 94.3 Å². The number of aliphatic imine (C=N–C) groups is 4. The molecule has 3 rings (SSSR count). The van der Waals surface area contributed by atoms with E-state index in [1.54, 1.807) is 30.1 Å². The van der Waals surface area contributed by atoms with Gasteiger partial charge in [0.15, 0.2) is 0 Å². The maximum atomic E-state index is 13.7. The molecule has 13 heteroatoms. The summed E-state index contributed by atoms with van der Waals surface area (Å²) in [5, 5.41) is 5.68. The third-order valence-corrected chi connectivity index (χ3v) is 7.08. The van der Waals surface area contributed by atoms with E-state index < -0.39 is 17.6 Å². The van der Waals surface area contributed by atoms with E-state index in [1.807, 2.05) is 32.8 Å². The Morgan fingerprint density at radius 2 is 1.78 bits per heavy atom. The average Bonchev–Trinajstić information content (AvgIpc) is 3.51. The number of benzene rings is 2. The number of nitrogens with one attached hydrogen (secondary N) is 2. The maximum absolute atomic E-state index is 13.7. The van der Waals surface area contributed by atoms with E-state index >= 15 is 0 Å². The van der Waals surface area contributed by atoms with Gasteiger partial charge in [0.05, 0.1) is 12.1 Å². The molecule has 0 saturated carbocycles. The number of hydrogen-bond donors (Lipinski definition) is 2. The van der Waals surface area contributed by atoms with Gasteiger partial charge in [0.25, 0.3) is 5.91 Å². The van der Waals surface area contributed by atoms with Crippen LogP contribution in [0.2, 0.25) is 0 Å². The summed E-state index contributed by atoms with van der Waals surface area (Å²) in [4.78, 5) is 35.9. The Hall–Kier alpha value is -4.52. The average molecular weight is 626 g/mol. The van der Waals surface area contributed by atoms with Crippen molar-refractivity contribution < 1.29 is 18.0 Å². The Bertz CT molecular complexity index is 1460. The number of carbonyl (C=O) groups excluding carboxylic acids is 1. The van der Waals surface area contributed by atoms with E-state index in [-0.39, 0.29) is 17.1 Å². The van der Waals surface area contributed by atoms with Gasteiger partial charge < -0.3 is 25.3 Å². The number of likely N-dealkylation sites (tertiary alicyclic amines) is 1. The minimum Gasteiger partial charge on any atom is -0.373 e. The van der Waals surface area contributed by atoms with Gasteiger partial charge in [-0.25, -0.2) is 20.0 Å². The molecule has 2 N–H and O–H groups in total. The minimum absolute atomic E-state index is 0.0413. The van der Waals surface area contributed by atoms with Crippen LogP contribution in [0, 0.1) is 6.92 Å². The van der Waals surface area contributed by atoms with Crippen molar-refractivity contribution in [3.8, 4) is 0 Å². The molecule has 1 saturated heterocycles. The molecule has 0 aromatic heterocycles. The fraction of sp³-hybridized carbons (Fsp3) is 0.406. The molecule has 1 aliphatic rings. The molecule has 0 atom stereocenters. The summed E-state index contributed by atoms with van der Waals surface area (Å²) in [5.74, 6) is 0.339. The Morgan fingerprint density at radius 3 is 2.42 bits per heavy atom. The third-order valence-electron chi connectivity index (χ3n) is 7.08. The van der Waals surface area contributed by atoms with Crippen LogP contribution in [0.1, 0.15) is 41.3 Å². The summed E-state index contributed by atoms with van der Waals surface area (Å²) in [7, 11) is 5.49. The van der Waals surface area contributed by atoms with Crippen LogP contribution in [0.4, 0.5) is 30.2 Å². The van der Waals surface area contributed by atoms with Gasteiger partial charge in [-0.15, -0.1) is 0 Å². The molecule has 1 amide bonds. The number of carbonyl (C=O) groups is 1. The molecule has 2 aromatic carbocycles. The zero-order chi connectivity index (χ0) is 33.1. The fourth-order valence-corrected chi connectivity index (χ4v) is 4.43. The Labute approximate surface area is 263 Å². The normalized spacial score (nSPS) is 14.3. The van der Waals surface area contributed by atoms with E-state index in [2.05, 4.69) is 48.8 Å². The van der Waals surface area contributed by atoms with Crippen molar-refractivity contribution in [2.24, 2.45) is 20.0 Å². The molecule has 0 radical (unpaired) electrons. The zero-order valence-corrected chi connectivity index (χ0v) is 26.6. The number of nitrogens with zero attached hydrogens (tertiary/aromatic N) is 7. The van der Waals surface area contributed by atoms with Crippen molar-refractivity contribution in [3.05, 3.63) is 65.5 Å². The van der Waals surface area contributed by atoms with Gasteiger partial charge in [0, 0.05) is 61.6 Å². The maximum Gasteiger partial charge on any atom is 0.416 e. The molecular formula is C32H42F3N9O. The van der Waals surface area contributed by atoms with Gasteiger partial charge in [-0.05, 0) is 83.4 Å². The topological polar surface area (TPSA) is 100 Å². The second-order valence-electron chi connectivity index (χ2n) is 11.1. The number of guanidine groups is 1. The van der Waals surface area contributed by atoms with Crippen LogP contribution in [0.15, 0.2) is 68.8 Å². The molecule has 1 aliphatic heterocycles. The highest BCUT2D eigenvalue weighted by molar-refractivity contribution is 6.05.